The molecule has 1 unspecified atom stereocenters. The summed E-state index contributed by atoms with van der Waals surface area (Å²) < 4.78 is 4.76. The zero-order valence-electron chi connectivity index (χ0n) is 12.3. The van der Waals surface area contributed by atoms with Crippen molar-refractivity contribution in [3.05, 3.63) is 0 Å². The third kappa shape index (κ3) is 4.31. The van der Waals surface area contributed by atoms with Crippen molar-refractivity contribution in [2.75, 3.05) is 6.61 Å². The van der Waals surface area contributed by atoms with Crippen LogP contribution in [-0.2, 0) is 33.7 Å². The molecule has 0 spiro atoms. The molecule has 0 aromatic rings. The van der Waals surface area contributed by atoms with Crippen molar-refractivity contribution in [3.8, 4) is 0 Å². The first-order valence-electron chi connectivity index (χ1n) is 6.55. The predicted octanol–water partition coefficient (Wildman–Crippen LogP) is -4.30. The summed E-state index contributed by atoms with van der Waals surface area (Å²) in [5.41, 5.74) is 0. The van der Waals surface area contributed by atoms with E-state index in [2.05, 4.69) is 9.78 Å². The van der Waals surface area contributed by atoms with Crippen molar-refractivity contribution < 1.29 is 59.2 Å². The van der Waals surface area contributed by atoms with Gasteiger partial charge in [-0.3, -0.25) is 9.59 Å². The molecule has 0 saturated carbocycles. The van der Waals surface area contributed by atoms with Crippen LogP contribution in [-0.4, -0.2) is 85.8 Å². The highest BCUT2D eigenvalue weighted by Crippen LogP contribution is 2.31. The van der Waals surface area contributed by atoms with Gasteiger partial charge in [-0.25, -0.2) is 19.4 Å². The third-order valence-electron chi connectivity index (χ3n) is 3.17. The van der Waals surface area contributed by atoms with Crippen molar-refractivity contribution in [1.82, 2.24) is 0 Å². The lowest BCUT2D eigenvalue weighted by molar-refractivity contribution is -0.348. The molecule has 0 aliphatic carbocycles. The molecule has 1 heterocycles. The summed E-state index contributed by atoms with van der Waals surface area (Å²) in [6, 6.07) is 0. The second-order valence-electron chi connectivity index (χ2n) is 5.01. The SMILES string of the molecule is CC(=O)C(=O)OOC(=O)C(=O)CC1(O)O[C@H](CO)[C@@H](O)[C@H](O)[C@H]1O. The van der Waals surface area contributed by atoms with Gasteiger partial charge in [0.1, 0.15) is 24.4 Å². The van der Waals surface area contributed by atoms with E-state index in [4.69, 9.17) is 9.84 Å². The zero-order chi connectivity index (χ0) is 18.7. The molecule has 1 aliphatic heterocycles. The molecule has 0 amide bonds. The Kier molecular flexibility index (Phi) is 6.48. The quantitative estimate of drug-likeness (QED) is 0.181. The van der Waals surface area contributed by atoms with Crippen LogP contribution in [0, 0.1) is 0 Å². The Hall–Kier alpha value is -1.96. The first-order chi connectivity index (χ1) is 11.0. The Morgan fingerprint density at radius 1 is 1.04 bits per heavy atom. The summed E-state index contributed by atoms with van der Waals surface area (Å²) in [5.74, 6) is -8.83. The van der Waals surface area contributed by atoms with Crippen LogP contribution in [0.25, 0.3) is 0 Å². The number of carbonyl (C=O) groups excluding carboxylic acids is 4. The predicted molar refractivity (Wildman–Crippen MR) is 67.4 cm³/mol. The molecular formula is C12H16O12. The average molecular weight is 352 g/mol. The van der Waals surface area contributed by atoms with Crippen LogP contribution in [0.4, 0.5) is 0 Å². The Morgan fingerprint density at radius 3 is 2.08 bits per heavy atom. The van der Waals surface area contributed by atoms with Crippen LogP contribution < -0.4 is 0 Å². The zero-order valence-corrected chi connectivity index (χ0v) is 12.3. The molecule has 0 radical (unpaired) electrons. The van der Waals surface area contributed by atoms with E-state index < -0.39 is 66.7 Å². The van der Waals surface area contributed by atoms with Crippen LogP contribution in [0.2, 0.25) is 0 Å². The number of Topliss-reactive ketones (excluding diaryl/α,β-unsaturated/α-hetero) is 2. The smallest absolute Gasteiger partial charge is 0.394 e. The third-order valence-corrected chi connectivity index (χ3v) is 3.17. The van der Waals surface area contributed by atoms with E-state index in [9.17, 15) is 39.6 Å². The first kappa shape index (κ1) is 20.1. The minimum atomic E-state index is -2.83. The van der Waals surface area contributed by atoms with E-state index >= 15 is 0 Å². The van der Waals surface area contributed by atoms with E-state index in [0.717, 1.165) is 6.92 Å². The van der Waals surface area contributed by atoms with Crippen LogP contribution in [0.5, 0.6) is 0 Å². The minimum absolute atomic E-state index is 0.814. The highest BCUT2D eigenvalue weighted by Gasteiger charge is 2.54. The van der Waals surface area contributed by atoms with E-state index in [1.807, 2.05) is 0 Å². The van der Waals surface area contributed by atoms with Crippen LogP contribution in [0.3, 0.4) is 0 Å². The number of hydrogen-bond acceptors (Lipinski definition) is 12. The fourth-order valence-electron chi connectivity index (χ4n) is 1.85. The maximum atomic E-state index is 11.6. The van der Waals surface area contributed by atoms with E-state index in [1.165, 1.54) is 0 Å². The Balaban J connectivity index is 2.74. The Labute approximate surface area is 134 Å². The highest BCUT2D eigenvalue weighted by molar-refractivity contribution is 6.35. The molecule has 0 bridgehead atoms. The summed E-state index contributed by atoms with van der Waals surface area (Å²) in [5, 5.41) is 47.8. The van der Waals surface area contributed by atoms with Gasteiger partial charge in [0.25, 0.3) is 0 Å². The summed E-state index contributed by atoms with van der Waals surface area (Å²) in [4.78, 5) is 51.8. The maximum Gasteiger partial charge on any atom is 0.421 e. The fraction of sp³-hybridized carbons (Fsp3) is 0.667. The van der Waals surface area contributed by atoms with Crippen molar-refractivity contribution in [1.29, 1.82) is 0 Å². The number of ketones is 2. The molecule has 136 valence electrons. The summed E-state index contributed by atoms with van der Waals surface area (Å²) >= 11 is 0. The number of aliphatic hydroxyl groups excluding tert-OH is 4. The normalized spacial score (nSPS) is 32.8. The monoisotopic (exact) mass is 352 g/mol. The number of aliphatic hydroxyl groups is 5. The highest BCUT2D eigenvalue weighted by atomic mass is 17.2. The van der Waals surface area contributed by atoms with Crippen molar-refractivity contribution in [2.45, 2.75) is 43.5 Å². The standard InChI is InChI=1S/C12H16O12/c1-4(14)10(19)23-24-11(20)5(15)2-12(21)9(18)8(17)7(16)6(3-13)22-12/h6-9,13,16-18,21H,2-3H2,1H3/t6-,7-,8+,9-,12?/m1/s1. The van der Waals surface area contributed by atoms with Gasteiger partial charge >= 0.3 is 11.9 Å². The summed E-state index contributed by atoms with van der Waals surface area (Å²) in [6.45, 7) is -0.0588. The number of carbonyl (C=O) groups is 4. The van der Waals surface area contributed by atoms with E-state index in [0.29, 0.717) is 0 Å². The molecule has 1 saturated heterocycles. The van der Waals surface area contributed by atoms with E-state index in [1.54, 1.807) is 0 Å². The van der Waals surface area contributed by atoms with Gasteiger partial charge in [0, 0.05) is 6.92 Å². The van der Waals surface area contributed by atoms with Gasteiger partial charge in [-0.1, -0.05) is 0 Å². The maximum absolute atomic E-state index is 11.6. The van der Waals surface area contributed by atoms with Gasteiger partial charge in [-0.05, 0) is 0 Å². The fourth-order valence-corrected chi connectivity index (χ4v) is 1.85. The van der Waals surface area contributed by atoms with Crippen LogP contribution in [0.15, 0.2) is 0 Å². The molecule has 5 N–H and O–H groups in total. The van der Waals surface area contributed by atoms with Gasteiger partial charge in [-0.2, -0.15) is 0 Å². The summed E-state index contributed by atoms with van der Waals surface area (Å²) in [7, 11) is 0. The van der Waals surface area contributed by atoms with Gasteiger partial charge in [0.05, 0.1) is 13.0 Å². The molecule has 12 heteroatoms. The molecule has 12 nitrogen and oxygen atoms in total. The largest absolute Gasteiger partial charge is 0.421 e. The lowest BCUT2D eigenvalue weighted by atomic mass is 9.89. The number of rotatable bonds is 5. The topological polar surface area (TPSA) is 197 Å². The Bertz CT molecular complexity index is 528. The molecule has 0 aromatic heterocycles. The molecule has 1 fully saturated rings. The molecule has 1 aliphatic rings. The van der Waals surface area contributed by atoms with Gasteiger partial charge in [0.2, 0.25) is 17.4 Å². The van der Waals surface area contributed by atoms with E-state index in [-0.39, 0.29) is 0 Å². The number of ether oxygens (including phenoxy) is 1. The molecule has 24 heavy (non-hydrogen) atoms. The second kappa shape index (κ2) is 7.74. The lowest BCUT2D eigenvalue weighted by Gasteiger charge is -2.44. The summed E-state index contributed by atoms with van der Waals surface area (Å²) in [6.07, 6.45) is -8.76. The van der Waals surface area contributed by atoms with Crippen molar-refractivity contribution >= 4 is 23.5 Å². The molecule has 1 rings (SSSR count). The molecular weight excluding hydrogens is 336 g/mol. The molecule has 0 aromatic carbocycles. The minimum Gasteiger partial charge on any atom is -0.394 e. The number of hydrogen-bond donors (Lipinski definition) is 5. The van der Waals surface area contributed by atoms with Crippen molar-refractivity contribution in [2.24, 2.45) is 0 Å². The van der Waals surface area contributed by atoms with Crippen LogP contribution in [0.1, 0.15) is 13.3 Å². The van der Waals surface area contributed by atoms with Crippen LogP contribution >= 0.6 is 0 Å². The average Bonchev–Trinajstić information content (AvgIpc) is 2.53. The Morgan fingerprint density at radius 2 is 1.58 bits per heavy atom. The van der Waals surface area contributed by atoms with Gasteiger partial charge in [-0.15, -0.1) is 0 Å². The molecule has 5 atom stereocenters. The second-order valence-corrected chi connectivity index (χ2v) is 5.01. The van der Waals surface area contributed by atoms with Gasteiger partial charge < -0.3 is 30.3 Å². The lowest BCUT2D eigenvalue weighted by Crippen LogP contribution is -2.65. The first-order valence-corrected chi connectivity index (χ1v) is 6.55. The van der Waals surface area contributed by atoms with Crippen molar-refractivity contribution in [3.63, 3.8) is 0 Å². The van der Waals surface area contributed by atoms with Gasteiger partial charge in [0.15, 0.2) is 0 Å².